The maximum absolute atomic E-state index is 12.7. The molecule has 2 aliphatic rings. The average molecular weight is 555 g/mol. The minimum absolute atomic E-state index is 0. The van der Waals surface area contributed by atoms with Gasteiger partial charge in [0, 0.05) is 59.4 Å². The van der Waals surface area contributed by atoms with Gasteiger partial charge in [0.2, 0.25) is 0 Å². The maximum Gasteiger partial charge on any atom is 0.511 e. The first-order valence-electron chi connectivity index (χ1n) is 9.79. The van der Waals surface area contributed by atoms with Crippen LogP contribution in [0.3, 0.4) is 0 Å². The predicted octanol–water partition coefficient (Wildman–Crippen LogP) is 2.02. The summed E-state index contributed by atoms with van der Waals surface area (Å²) in [6, 6.07) is 0. The first-order valence-corrected chi connectivity index (χ1v) is 11.2. The van der Waals surface area contributed by atoms with Crippen LogP contribution in [-0.4, -0.2) is 93.4 Å². The Bertz CT molecular complexity index is 629. The second-order valence-electron chi connectivity index (χ2n) is 7.90. The number of piperidine rings is 1. The Morgan fingerprint density at radius 1 is 1.10 bits per heavy atom. The van der Waals surface area contributed by atoms with Crippen molar-refractivity contribution in [2.75, 3.05) is 59.4 Å². The fourth-order valence-electron chi connectivity index (χ4n) is 3.73. The fraction of sp³-hybridized carbons (Fsp3) is 0.941. The van der Waals surface area contributed by atoms with Gasteiger partial charge in [-0.1, -0.05) is 13.8 Å². The van der Waals surface area contributed by atoms with E-state index in [0.29, 0.717) is 29.6 Å². The molecule has 12 heteroatoms. The molecule has 0 radical (unpaired) electrons. The predicted molar refractivity (Wildman–Crippen MR) is 119 cm³/mol. The van der Waals surface area contributed by atoms with E-state index >= 15 is 0 Å². The zero-order valence-corrected chi connectivity index (χ0v) is 20.4. The summed E-state index contributed by atoms with van der Waals surface area (Å²) in [4.78, 5) is 8.96. The molecule has 0 aromatic carbocycles. The molecular formula is C17H33F3IN5O2S. The van der Waals surface area contributed by atoms with Gasteiger partial charge in [0.1, 0.15) is 0 Å². The van der Waals surface area contributed by atoms with Crippen LogP contribution in [0.1, 0.15) is 26.7 Å². The fourth-order valence-corrected chi connectivity index (χ4v) is 4.71. The van der Waals surface area contributed by atoms with E-state index in [-0.39, 0.29) is 43.0 Å². The van der Waals surface area contributed by atoms with Crippen molar-refractivity contribution < 1.29 is 21.6 Å². The third-order valence-corrected chi connectivity index (χ3v) is 6.89. The second-order valence-corrected chi connectivity index (χ2v) is 9.83. The van der Waals surface area contributed by atoms with Crippen molar-refractivity contribution >= 4 is 40.0 Å². The number of nitrogens with one attached hydrogen (secondary N) is 1. The van der Waals surface area contributed by atoms with Crippen LogP contribution >= 0.6 is 24.0 Å². The van der Waals surface area contributed by atoms with Crippen molar-refractivity contribution in [3.05, 3.63) is 0 Å². The van der Waals surface area contributed by atoms with Gasteiger partial charge in [-0.2, -0.15) is 17.5 Å². The molecule has 0 atom stereocenters. The lowest BCUT2D eigenvalue weighted by Crippen LogP contribution is -2.54. The lowest BCUT2D eigenvalue weighted by Gasteiger charge is -2.38. The van der Waals surface area contributed by atoms with Gasteiger partial charge >= 0.3 is 15.5 Å². The monoisotopic (exact) mass is 555 g/mol. The number of nitrogens with zero attached hydrogens (tertiary/aromatic N) is 4. The standard InChI is InChI=1S/C17H32F3N5O2S.HI/c1-14(2)13-23-8-10-24(11-9-23)16(21-3)22-12-15-4-6-25(7-5-15)28(26,27)17(18,19)20;/h14-15H,4-13H2,1-3H3,(H,21,22);1H. The Balaban J connectivity index is 0.00000420. The third-order valence-electron chi connectivity index (χ3n) is 5.26. The minimum Gasteiger partial charge on any atom is -0.356 e. The first-order chi connectivity index (χ1) is 13.0. The molecule has 2 rings (SSSR count). The number of aliphatic imine (C=N–C) groups is 1. The van der Waals surface area contributed by atoms with E-state index in [0.717, 1.165) is 38.7 Å². The van der Waals surface area contributed by atoms with Crippen molar-refractivity contribution in [2.24, 2.45) is 16.8 Å². The summed E-state index contributed by atoms with van der Waals surface area (Å²) < 4.78 is 61.5. The number of sulfonamides is 1. The largest absolute Gasteiger partial charge is 0.511 e. The topological polar surface area (TPSA) is 68.2 Å². The maximum atomic E-state index is 12.7. The Morgan fingerprint density at radius 3 is 2.10 bits per heavy atom. The number of hydrogen-bond acceptors (Lipinski definition) is 4. The molecule has 2 heterocycles. The molecule has 1 N–H and O–H groups in total. The molecule has 2 aliphatic heterocycles. The summed E-state index contributed by atoms with van der Waals surface area (Å²) in [5.74, 6) is 1.56. The lowest BCUT2D eigenvalue weighted by atomic mass is 9.98. The average Bonchev–Trinajstić information content (AvgIpc) is 2.62. The van der Waals surface area contributed by atoms with Crippen LogP contribution in [0.15, 0.2) is 4.99 Å². The van der Waals surface area contributed by atoms with E-state index in [4.69, 9.17) is 0 Å². The normalized spacial score (nSPS) is 21.3. The van der Waals surface area contributed by atoms with Gasteiger partial charge in [-0.15, -0.1) is 24.0 Å². The van der Waals surface area contributed by atoms with E-state index in [1.807, 2.05) is 0 Å². The molecule has 2 saturated heterocycles. The Hall–Kier alpha value is -0.340. The summed E-state index contributed by atoms with van der Waals surface area (Å²) in [7, 11) is -3.49. The highest BCUT2D eigenvalue weighted by Crippen LogP contribution is 2.30. The molecule has 0 amide bonds. The second kappa shape index (κ2) is 11.3. The van der Waals surface area contributed by atoms with Crippen LogP contribution in [0, 0.1) is 11.8 Å². The van der Waals surface area contributed by atoms with Gasteiger partial charge in [0.05, 0.1) is 0 Å². The van der Waals surface area contributed by atoms with Crippen LogP contribution in [0.2, 0.25) is 0 Å². The first kappa shape index (κ1) is 26.7. The van der Waals surface area contributed by atoms with Gasteiger partial charge in [-0.05, 0) is 24.7 Å². The number of piperazine rings is 1. The number of guanidine groups is 1. The van der Waals surface area contributed by atoms with Gasteiger partial charge in [-0.3, -0.25) is 9.89 Å². The summed E-state index contributed by atoms with van der Waals surface area (Å²) in [5, 5.41) is 3.32. The van der Waals surface area contributed by atoms with Gasteiger partial charge < -0.3 is 10.2 Å². The van der Waals surface area contributed by atoms with Crippen LogP contribution in [0.5, 0.6) is 0 Å². The highest BCUT2D eigenvalue weighted by Gasteiger charge is 2.50. The molecule has 172 valence electrons. The molecule has 7 nitrogen and oxygen atoms in total. The van der Waals surface area contributed by atoms with Crippen molar-refractivity contribution in [1.29, 1.82) is 0 Å². The summed E-state index contributed by atoms with van der Waals surface area (Å²) in [6.45, 7) is 9.61. The van der Waals surface area contributed by atoms with Gasteiger partial charge in [0.25, 0.3) is 0 Å². The van der Waals surface area contributed by atoms with Crippen LogP contribution in [0.4, 0.5) is 13.2 Å². The molecular weight excluding hydrogens is 522 g/mol. The molecule has 0 unspecified atom stereocenters. The number of rotatable bonds is 5. The van der Waals surface area contributed by atoms with E-state index in [1.54, 1.807) is 7.05 Å². The highest BCUT2D eigenvalue weighted by molar-refractivity contribution is 14.0. The molecule has 2 fully saturated rings. The van der Waals surface area contributed by atoms with Crippen molar-refractivity contribution in [3.63, 3.8) is 0 Å². The van der Waals surface area contributed by atoms with E-state index < -0.39 is 15.5 Å². The zero-order valence-electron chi connectivity index (χ0n) is 17.3. The third kappa shape index (κ3) is 7.39. The lowest BCUT2D eigenvalue weighted by molar-refractivity contribution is -0.0496. The molecule has 0 aliphatic carbocycles. The van der Waals surface area contributed by atoms with Gasteiger partial charge in [-0.25, -0.2) is 8.42 Å². The highest BCUT2D eigenvalue weighted by atomic mass is 127. The number of halogens is 4. The summed E-state index contributed by atoms with van der Waals surface area (Å²) in [5.41, 5.74) is -5.22. The van der Waals surface area contributed by atoms with Crippen molar-refractivity contribution in [2.45, 2.75) is 32.2 Å². The van der Waals surface area contributed by atoms with Crippen LogP contribution in [-0.2, 0) is 10.0 Å². The van der Waals surface area contributed by atoms with Gasteiger partial charge in [0.15, 0.2) is 5.96 Å². The molecule has 0 saturated carbocycles. The Morgan fingerprint density at radius 2 is 1.66 bits per heavy atom. The quantitative estimate of drug-likeness (QED) is 0.320. The van der Waals surface area contributed by atoms with E-state index in [2.05, 4.69) is 34.0 Å². The van der Waals surface area contributed by atoms with E-state index in [1.165, 1.54) is 0 Å². The smallest absolute Gasteiger partial charge is 0.356 e. The SMILES string of the molecule is CN=C(NCC1CCN(S(=O)(=O)C(F)(F)F)CC1)N1CCN(CC(C)C)CC1.I. The van der Waals surface area contributed by atoms with E-state index in [9.17, 15) is 21.6 Å². The molecule has 0 spiro atoms. The molecule has 29 heavy (non-hydrogen) atoms. The van der Waals surface area contributed by atoms with Crippen LogP contribution < -0.4 is 5.32 Å². The summed E-state index contributed by atoms with van der Waals surface area (Å²) in [6.07, 6.45) is 0.808. The van der Waals surface area contributed by atoms with Crippen molar-refractivity contribution in [1.82, 2.24) is 19.4 Å². The zero-order chi connectivity index (χ0) is 20.9. The number of alkyl halides is 3. The van der Waals surface area contributed by atoms with Crippen molar-refractivity contribution in [3.8, 4) is 0 Å². The molecule has 0 bridgehead atoms. The number of hydrogen-bond donors (Lipinski definition) is 1. The molecule has 0 aromatic rings. The Kier molecular flexibility index (Phi) is 10.4. The molecule has 0 aromatic heterocycles. The van der Waals surface area contributed by atoms with Crippen LogP contribution in [0.25, 0.3) is 0 Å². The minimum atomic E-state index is -5.22. The Labute approximate surface area is 189 Å². The summed E-state index contributed by atoms with van der Waals surface area (Å²) >= 11 is 0.